The Morgan fingerprint density at radius 2 is 2.10 bits per heavy atom. The molecule has 0 aliphatic carbocycles. The van der Waals surface area contributed by atoms with Gasteiger partial charge in [-0.15, -0.1) is 0 Å². The van der Waals surface area contributed by atoms with Gasteiger partial charge in [0.05, 0.1) is 19.8 Å². The highest BCUT2D eigenvalue weighted by Crippen LogP contribution is 2.16. The minimum Gasteiger partial charge on any atom is -0.378 e. The minimum atomic E-state index is 0.274. The number of nitrogens with one attached hydrogen (secondary N) is 1. The van der Waals surface area contributed by atoms with E-state index in [9.17, 15) is 4.79 Å². The largest absolute Gasteiger partial charge is 0.378 e. The lowest BCUT2D eigenvalue weighted by Gasteiger charge is -2.34. The Balaban J connectivity index is 1.70. The van der Waals surface area contributed by atoms with Crippen molar-refractivity contribution in [2.45, 2.75) is 26.2 Å². The molecule has 20 heavy (non-hydrogen) atoms. The van der Waals surface area contributed by atoms with E-state index >= 15 is 0 Å². The zero-order valence-corrected chi connectivity index (χ0v) is 12.8. The van der Waals surface area contributed by atoms with Crippen LogP contribution in [0.3, 0.4) is 0 Å². The van der Waals surface area contributed by atoms with Gasteiger partial charge < -0.3 is 15.0 Å². The number of ether oxygens (including phenoxy) is 1. The summed E-state index contributed by atoms with van der Waals surface area (Å²) >= 11 is 0. The Bertz CT molecular complexity index is 293. The summed E-state index contributed by atoms with van der Waals surface area (Å²) in [6.07, 6.45) is 3.69. The first-order valence-corrected chi connectivity index (χ1v) is 8.08. The monoisotopic (exact) mass is 283 g/mol. The molecule has 5 heteroatoms. The van der Waals surface area contributed by atoms with E-state index in [1.165, 1.54) is 19.3 Å². The predicted molar refractivity (Wildman–Crippen MR) is 79.7 cm³/mol. The molecule has 2 heterocycles. The number of hydrogen-bond acceptors (Lipinski definition) is 4. The van der Waals surface area contributed by atoms with Crippen molar-refractivity contribution < 1.29 is 9.53 Å². The van der Waals surface area contributed by atoms with Gasteiger partial charge in [0.15, 0.2) is 0 Å². The van der Waals surface area contributed by atoms with Crippen LogP contribution in [-0.4, -0.2) is 74.7 Å². The maximum Gasteiger partial charge on any atom is 0.236 e. The second-order valence-corrected chi connectivity index (χ2v) is 5.94. The van der Waals surface area contributed by atoms with Gasteiger partial charge in [-0.25, -0.2) is 0 Å². The van der Waals surface area contributed by atoms with Gasteiger partial charge in [0.25, 0.3) is 0 Å². The van der Waals surface area contributed by atoms with Gasteiger partial charge in [-0.2, -0.15) is 0 Å². The quantitative estimate of drug-likeness (QED) is 0.723. The number of hydrogen-bond donors (Lipinski definition) is 1. The molecule has 2 aliphatic rings. The van der Waals surface area contributed by atoms with Crippen molar-refractivity contribution in [3.63, 3.8) is 0 Å². The summed E-state index contributed by atoms with van der Waals surface area (Å²) in [5.41, 5.74) is 0. The van der Waals surface area contributed by atoms with Gasteiger partial charge in [0.1, 0.15) is 0 Å². The fourth-order valence-corrected chi connectivity index (χ4v) is 3.05. The molecule has 0 spiro atoms. The summed E-state index contributed by atoms with van der Waals surface area (Å²) in [7, 11) is 0. The maximum absolute atomic E-state index is 12.2. The van der Waals surface area contributed by atoms with Crippen molar-refractivity contribution in [3.8, 4) is 0 Å². The van der Waals surface area contributed by atoms with Crippen molar-refractivity contribution in [1.29, 1.82) is 0 Å². The molecule has 1 amide bonds. The number of carbonyl (C=O) groups excluding carboxylic acids is 1. The summed E-state index contributed by atoms with van der Waals surface area (Å²) in [6, 6.07) is 0. The van der Waals surface area contributed by atoms with E-state index in [1.807, 2.05) is 4.90 Å². The highest BCUT2D eigenvalue weighted by atomic mass is 16.5. The summed E-state index contributed by atoms with van der Waals surface area (Å²) in [6.45, 7) is 10.0. The molecule has 0 aromatic rings. The van der Waals surface area contributed by atoms with Gasteiger partial charge in [-0.3, -0.25) is 9.69 Å². The molecule has 1 N–H and O–H groups in total. The number of piperidine rings is 1. The summed E-state index contributed by atoms with van der Waals surface area (Å²) in [5, 5.41) is 3.50. The Morgan fingerprint density at radius 3 is 2.85 bits per heavy atom. The van der Waals surface area contributed by atoms with Crippen LogP contribution in [0.4, 0.5) is 0 Å². The van der Waals surface area contributed by atoms with Crippen molar-refractivity contribution in [3.05, 3.63) is 0 Å². The normalized spacial score (nSPS) is 24.9. The zero-order valence-electron chi connectivity index (χ0n) is 12.8. The van der Waals surface area contributed by atoms with Crippen LogP contribution in [0.2, 0.25) is 0 Å². The van der Waals surface area contributed by atoms with E-state index in [1.54, 1.807) is 0 Å². The average molecular weight is 283 g/mol. The molecule has 2 rings (SSSR count). The van der Waals surface area contributed by atoms with Crippen molar-refractivity contribution in [2.75, 3.05) is 59.0 Å². The Kier molecular flexibility index (Phi) is 6.76. The van der Waals surface area contributed by atoms with Crippen molar-refractivity contribution >= 4 is 5.91 Å². The molecule has 0 aromatic heterocycles. The second-order valence-electron chi connectivity index (χ2n) is 5.94. The van der Waals surface area contributed by atoms with Crippen LogP contribution < -0.4 is 5.32 Å². The van der Waals surface area contributed by atoms with Crippen molar-refractivity contribution in [1.82, 2.24) is 15.1 Å². The number of nitrogens with zero attached hydrogens (tertiary/aromatic N) is 2. The first kappa shape index (κ1) is 15.7. The van der Waals surface area contributed by atoms with Crippen molar-refractivity contribution in [2.24, 2.45) is 5.92 Å². The molecule has 0 aromatic carbocycles. The molecule has 116 valence electrons. The molecule has 1 atom stereocenters. The smallest absolute Gasteiger partial charge is 0.236 e. The average Bonchev–Trinajstić information content (AvgIpc) is 2.49. The Labute approximate surface area is 122 Å². The number of likely N-dealkylation sites (tertiary alicyclic amines) is 1. The van der Waals surface area contributed by atoms with Gasteiger partial charge in [0, 0.05) is 19.6 Å². The number of carbonyl (C=O) groups is 1. The Morgan fingerprint density at radius 1 is 1.30 bits per heavy atom. The fourth-order valence-electron chi connectivity index (χ4n) is 3.05. The third-order valence-corrected chi connectivity index (χ3v) is 4.19. The van der Waals surface area contributed by atoms with Crippen LogP contribution in [0.15, 0.2) is 0 Å². The molecular formula is C15H29N3O2. The second kappa shape index (κ2) is 8.60. The molecule has 0 saturated carbocycles. The van der Waals surface area contributed by atoms with Gasteiger partial charge in [-0.05, 0) is 44.8 Å². The lowest BCUT2D eigenvalue weighted by molar-refractivity contribution is -0.136. The van der Waals surface area contributed by atoms with E-state index < -0.39 is 0 Å². The third kappa shape index (κ3) is 5.04. The Hall–Kier alpha value is -0.650. The highest BCUT2D eigenvalue weighted by Gasteiger charge is 2.24. The van der Waals surface area contributed by atoms with Crippen LogP contribution in [0.25, 0.3) is 0 Å². The molecule has 0 bridgehead atoms. The minimum absolute atomic E-state index is 0.274. The molecule has 0 radical (unpaired) electrons. The fraction of sp³-hybridized carbons (Fsp3) is 0.933. The molecule has 2 saturated heterocycles. The topological polar surface area (TPSA) is 44.8 Å². The van der Waals surface area contributed by atoms with Crippen LogP contribution >= 0.6 is 0 Å². The first-order chi connectivity index (χ1) is 9.79. The zero-order chi connectivity index (χ0) is 14.2. The standard InChI is InChI=1S/C15H29N3O2/c1-2-5-16-11-14-4-3-6-17(12-14)13-15(19)18-7-9-20-10-8-18/h14,16H,2-13H2,1H3. The number of morpholine rings is 1. The lowest BCUT2D eigenvalue weighted by Crippen LogP contribution is -2.48. The summed E-state index contributed by atoms with van der Waals surface area (Å²) in [5.74, 6) is 0.975. The molecule has 5 nitrogen and oxygen atoms in total. The van der Waals surface area contributed by atoms with Crippen LogP contribution in [-0.2, 0) is 9.53 Å². The maximum atomic E-state index is 12.2. The van der Waals surface area contributed by atoms with E-state index in [-0.39, 0.29) is 5.91 Å². The number of amides is 1. The molecule has 2 aliphatic heterocycles. The van der Waals surface area contributed by atoms with E-state index in [0.717, 1.165) is 39.3 Å². The third-order valence-electron chi connectivity index (χ3n) is 4.19. The molecular weight excluding hydrogens is 254 g/mol. The van der Waals surface area contributed by atoms with E-state index in [2.05, 4.69) is 17.1 Å². The van der Waals surface area contributed by atoms with Crippen LogP contribution in [0.5, 0.6) is 0 Å². The van der Waals surface area contributed by atoms with E-state index in [4.69, 9.17) is 4.74 Å². The number of rotatable bonds is 6. The van der Waals surface area contributed by atoms with Gasteiger partial charge in [0.2, 0.25) is 5.91 Å². The highest BCUT2D eigenvalue weighted by molar-refractivity contribution is 5.78. The van der Waals surface area contributed by atoms with Gasteiger partial charge >= 0.3 is 0 Å². The SMILES string of the molecule is CCCNCC1CCCN(CC(=O)N2CCOCC2)C1. The van der Waals surface area contributed by atoms with Crippen LogP contribution in [0.1, 0.15) is 26.2 Å². The van der Waals surface area contributed by atoms with Crippen LogP contribution in [0, 0.1) is 5.92 Å². The molecule has 1 unspecified atom stereocenters. The van der Waals surface area contributed by atoms with E-state index in [0.29, 0.717) is 25.7 Å². The van der Waals surface area contributed by atoms with Gasteiger partial charge in [-0.1, -0.05) is 6.92 Å². The predicted octanol–water partition coefficient (Wildman–Crippen LogP) is 0.557. The first-order valence-electron chi connectivity index (χ1n) is 8.08. The molecule has 2 fully saturated rings. The summed E-state index contributed by atoms with van der Waals surface area (Å²) < 4.78 is 5.30. The summed E-state index contributed by atoms with van der Waals surface area (Å²) in [4.78, 5) is 16.5. The lowest BCUT2D eigenvalue weighted by atomic mass is 9.98.